The number of rotatable bonds is 1. The number of hydrogen-bond donors (Lipinski definition) is 1. The Kier molecular flexibility index (Phi) is 3.11. The standard InChI is InChI=1S/C14H18N4/c1-11-16-13-6-3-2-5-12(13)14(17-11)18-9-4-7-15-8-10-18/h2-3,5-6,15H,4,7-10H2,1H3. The molecule has 2 aromatic rings. The molecule has 2 heterocycles. The van der Waals surface area contributed by atoms with Crippen molar-refractivity contribution in [3.63, 3.8) is 0 Å². The molecule has 0 aliphatic carbocycles. The van der Waals surface area contributed by atoms with E-state index in [2.05, 4.69) is 38.4 Å². The molecule has 1 aromatic heterocycles. The second-order valence-corrected chi connectivity index (χ2v) is 4.70. The van der Waals surface area contributed by atoms with Gasteiger partial charge in [-0.25, -0.2) is 9.97 Å². The van der Waals surface area contributed by atoms with Crippen molar-refractivity contribution in [3.05, 3.63) is 30.1 Å². The predicted molar refractivity (Wildman–Crippen MR) is 74.0 cm³/mol. The van der Waals surface area contributed by atoms with Gasteiger partial charge in [0.1, 0.15) is 11.6 Å². The van der Waals surface area contributed by atoms with E-state index in [-0.39, 0.29) is 0 Å². The Morgan fingerprint density at radius 3 is 2.94 bits per heavy atom. The van der Waals surface area contributed by atoms with Crippen molar-refractivity contribution in [2.45, 2.75) is 13.3 Å². The zero-order valence-electron chi connectivity index (χ0n) is 10.7. The molecule has 0 saturated carbocycles. The Morgan fingerprint density at radius 2 is 2.00 bits per heavy atom. The van der Waals surface area contributed by atoms with E-state index in [0.717, 1.165) is 55.1 Å². The van der Waals surface area contributed by atoms with Crippen molar-refractivity contribution < 1.29 is 0 Å². The summed E-state index contributed by atoms with van der Waals surface area (Å²) in [6, 6.07) is 8.26. The number of fused-ring (bicyclic) bond motifs is 1. The third kappa shape index (κ3) is 2.16. The molecule has 94 valence electrons. The Balaban J connectivity index is 2.08. The Bertz CT molecular complexity index is 544. The van der Waals surface area contributed by atoms with Gasteiger partial charge in [0, 0.05) is 25.0 Å². The van der Waals surface area contributed by atoms with E-state index in [1.807, 2.05) is 13.0 Å². The average Bonchev–Trinajstić information content (AvgIpc) is 2.66. The van der Waals surface area contributed by atoms with Crippen LogP contribution in [0.1, 0.15) is 12.2 Å². The molecule has 0 unspecified atom stereocenters. The number of aromatic nitrogens is 2. The molecular weight excluding hydrogens is 224 g/mol. The van der Waals surface area contributed by atoms with Crippen LogP contribution in [0, 0.1) is 6.92 Å². The van der Waals surface area contributed by atoms with Crippen LogP contribution in [-0.4, -0.2) is 36.1 Å². The molecule has 1 saturated heterocycles. The number of benzene rings is 1. The lowest BCUT2D eigenvalue weighted by atomic mass is 10.2. The molecule has 3 rings (SSSR count). The van der Waals surface area contributed by atoms with Gasteiger partial charge in [-0.05, 0) is 32.0 Å². The molecule has 4 nitrogen and oxygen atoms in total. The summed E-state index contributed by atoms with van der Waals surface area (Å²) in [5.74, 6) is 1.93. The molecule has 4 heteroatoms. The van der Waals surface area contributed by atoms with Crippen molar-refractivity contribution in [2.75, 3.05) is 31.1 Å². The molecule has 0 spiro atoms. The fourth-order valence-electron chi connectivity index (χ4n) is 2.47. The third-order valence-electron chi connectivity index (χ3n) is 3.33. The average molecular weight is 242 g/mol. The Morgan fingerprint density at radius 1 is 1.11 bits per heavy atom. The highest BCUT2D eigenvalue weighted by Crippen LogP contribution is 2.23. The SMILES string of the molecule is Cc1nc(N2CCCNCC2)c2ccccc2n1. The fraction of sp³-hybridized carbons (Fsp3) is 0.429. The highest BCUT2D eigenvalue weighted by atomic mass is 15.2. The highest BCUT2D eigenvalue weighted by Gasteiger charge is 2.14. The first-order valence-corrected chi connectivity index (χ1v) is 6.53. The van der Waals surface area contributed by atoms with Gasteiger partial charge in [-0.15, -0.1) is 0 Å². The smallest absolute Gasteiger partial charge is 0.140 e. The molecule has 1 fully saturated rings. The molecule has 0 bridgehead atoms. The van der Waals surface area contributed by atoms with Gasteiger partial charge in [-0.2, -0.15) is 0 Å². The van der Waals surface area contributed by atoms with E-state index in [4.69, 9.17) is 0 Å². The normalized spacial score (nSPS) is 16.8. The number of hydrogen-bond acceptors (Lipinski definition) is 4. The van der Waals surface area contributed by atoms with Crippen LogP contribution >= 0.6 is 0 Å². The number of nitrogens with one attached hydrogen (secondary N) is 1. The molecule has 1 aliphatic heterocycles. The zero-order valence-corrected chi connectivity index (χ0v) is 10.7. The molecule has 1 N–H and O–H groups in total. The van der Waals surface area contributed by atoms with Crippen molar-refractivity contribution in [2.24, 2.45) is 0 Å². The highest BCUT2D eigenvalue weighted by molar-refractivity contribution is 5.89. The summed E-state index contributed by atoms with van der Waals surface area (Å²) in [5, 5.41) is 4.58. The molecule has 0 amide bonds. The lowest BCUT2D eigenvalue weighted by Crippen LogP contribution is -2.29. The zero-order chi connectivity index (χ0) is 12.4. The van der Waals surface area contributed by atoms with Crippen LogP contribution in [0.2, 0.25) is 0 Å². The van der Waals surface area contributed by atoms with Crippen LogP contribution in [0.15, 0.2) is 24.3 Å². The van der Waals surface area contributed by atoms with E-state index in [0.29, 0.717) is 0 Å². The minimum Gasteiger partial charge on any atom is -0.355 e. The molecule has 18 heavy (non-hydrogen) atoms. The predicted octanol–water partition coefficient (Wildman–Crippen LogP) is 1.74. The van der Waals surface area contributed by atoms with Gasteiger partial charge in [-0.1, -0.05) is 12.1 Å². The van der Waals surface area contributed by atoms with Gasteiger partial charge in [0.15, 0.2) is 0 Å². The second-order valence-electron chi connectivity index (χ2n) is 4.70. The summed E-state index contributed by atoms with van der Waals surface area (Å²) in [5.41, 5.74) is 1.04. The van der Waals surface area contributed by atoms with Crippen LogP contribution in [0.25, 0.3) is 10.9 Å². The first kappa shape index (κ1) is 11.4. The van der Waals surface area contributed by atoms with E-state index in [1.165, 1.54) is 0 Å². The van der Waals surface area contributed by atoms with Crippen molar-refractivity contribution in [1.82, 2.24) is 15.3 Å². The lowest BCUT2D eigenvalue weighted by molar-refractivity contribution is 0.724. The van der Waals surface area contributed by atoms with Crippen LogP contribution in [-0.2, 0) is 0 Å². The largest absolute Gasteiger partial charge is 0.355 e. The number of anilines is 1. The lowest BCUT2D eigenvalue weighted by Gasteiger charge is -2.22. The first-order chi connectivity index (χ1) is 8.84. The quantitative estimate of drug-likeness (QED) is 0.827. The Labute approximate surface area is 107 Å². The second kappa shape index (κ2) is 4.90. The summed E-state index contributed by atoms with van der Waals surface area (Å²) in [4.78, 5) is 11.5. The van der Waals surface area contributed by atoms with Crippen molar-refractivity contribution in [3.8, 4) is 0 Å². The number of aryl methyl sites for hydroxylation is 1. The van der Waals surface area contributed by atoms with E-state index < -0.39 is 0 Å². The topological polar surface area (TPSA) is 41.1 Å². The molecule has 0 radical (unpaired) electrons. The molecule has 0 atom stereocenters. The van der Waals surface area contributed by atoms with Crippen LogP contribution in [0.3, 0.4) is 0 Å². The van der Waals surface area contributed by atoms with Crippen LogP contribution < -0.4 is 10.2 Å². The van der Waals surface area contributed by atoms with E-state index >= 15 is 0 Å². The van der Waals surface area contributed by atoms with E-state index in [1.54, 1.807) is 0 Å². The van der Waals surface area contributed by atoms with Gasteiger partial charge < -0.3 is 10.2 Å². The van der Waals surface area contributed by atoms with Crippen LogP contribution in [0.4, 0.5) is 5.82 Å². The van der Waals surface area contributed by atoms with Gasteiger partial charge in [0.05, 0.1) is 5.52 Å². The van der Waals surface area contributed by atoms with Gasteiger partial charge in [0.25, 0.3) is 0 Å². The first-order valence-electron chi connectivity index (χ1n) is 6.53. The minimum absolute atomic E-state index is 0.848. The Hall–Kier alpha value is -1.68. The third-order valence-corrected chi connectivity index (χ3v) is 3.33. The van der Waals surface area contributed by atoms with Gasteiger partial charge >= 0.3 is 0 Å². The van der Waals surface area contributed by atoms with Gasteiger partial charge in [-0.3, -0.25) is 0 Å². The van der Waals surface area contributed by atoms with Crippen molar-refractivity contribution in [1.29, 1.82) is 0 Å². The summed E-state index contributed by atoms with van der Waals surface area (Å²) >= 11 is 0. The monoisotopic (exact) mass is 242 g/mol. The van der Waals surface area contributed by atoms with Gasteiger partial charge in [0.2, 0.25) is 0 Å². The molecule has 1 aliphatic rings. The van der Waals surface area contributed by atoms with Crippen molar-refractivity contribution >= 4 is 16.7 Å². The van der Waals surface area contributed by atoms with E-state index in [9.17, 15) is 0 Å². The maximum Gasteiger partial charge on any atom is 0.140 e. The maximum absolute atomic E-state index is 4.65. The van der Waals surface area contributed by atoms with Crippen LogP contribution in [0.5, 0.6) is 0 Å². The number of nitrogens with zero attached hydrogens (tertiary/aromatic N) is 3. The number of para-hydroxylation sites is 1. The molecule has 1 aromatic carbocycles. The molecular formula is C14H18N4. The summed E-state index contributed by atoms with van der Waals surface area (Å²) in [6.07, 6.45) is 1.16. The summed E-state index contributed by atoms with van der Waals surface area (Å²) < 4.78 is 0. The maximum atomic E-state index is 4.65. The fourth-order valence-corrected chi connectivity index (χ4v) is 2.47. The minimum atomic E-state index is 0.848. The summed E-state index contributed by atoms with van der Waals surface area (Å²) in [6.45, 7) is 6.16. The summed E-state index contributed by atoms with van der Waals surface area (Å²) in [7, 11) is 0.